The van der Waals surface area contributed by atoms with Gasteiger partial charge in [0.2, 0.25) is 0 Å². The summed E-state index contributed by atoms with van der Waals surface area (Å²) in [5.41, 5.74) is 1.13. The molecule has 0 fully saturated rings. The maximum Gasteiger partial charge on any atom is 0.261 e. The zero-order valence-electron chi connectivity index (χ0n) is 16.9. The van der Waals surface area contributed by atoms with Crippen molar-refractivity contribution >= 4 is 16.7 Å². The lowest BCUT2D eigenvalue weighted by Gasteiger charge is -2.24. The molecule has 0 spiro atoms. The quantitative estimate of drug-likeness (QED) is 0.532. The number of carbonyl (C=O) groups is 1. The first-order valence-electron chi connectivity index (χ1n) is 10.1. The Kier molecular flexibility index (Phi) is 6.70. The number of fused-ring (bicyclic) bond motifs is 1. The summed E-state index contributed by atoms with van der Waals surface area (Å²) < 4.78 is 6.06. The SMILES string of the molecule is CC[C@H](Oc1ccc2ccccc2c1)C(=O)N[C@H](CC(C)C)c1ccccc1. The first kappa shape index (κ1) is 19.9. The number of nitrogens with one attached hydrogen (secondary N) is 1. The molecule has 0 aliphatic heterocycles. The molecule has 0 aliphatic rings. The Balaban J connectivity index is 1.73. The van der Waals surface area contributed by atoms with Gasteiger partial charge in [-0.2, -0.15) is 0 Å². The molecule has 1 amide bonds. The third-order valence-corrected chi connectivity index (χ3v) is 4.89. The number of hydrogen-bond donors (Lipinski definition) is 1. The minimum absolute atomic E-state index is 0.0112. The minimum atomic E-state index is -0.514. The first-order valence-corrected chi connectivity index (χ1v) is 10.1. The van der Waals surface area contributed by atoms with Crippen LogP contribution in [0.1, 0.15) is 45.2 Å². The molecule has 0 saturated carbocycles. The van der Waals surface area contributed by atoms with Crippen LogP contribution in [0.4, 0.5) is 0 Å². The van der Waals surface area contributed by atoms with Crippen molar-refractivity contribution in [3.05, 3.63) is 78.4 Å². The van der Waals surface area contributed by atoms with Crippen LogP contribution in [-0.2, 0) is 4.79 Å². The smallest absolute Gasteiger partial charge is 0.261 e. The zero-order valence-corrected chi connectivity index (χ0v) is 16.9. The van der Waals surface area contributed by atoms with E-state index in [0.717, 1.165) is 28.5 Å². The standard InChI is InChI=1S/C25H29NO2/c1-4-24(28-22-15-14-19-10-8-9-13-21(19)17-22)25(27)26-23(16-18(2)3)20-11-6-5-7-12-20/h5-15,17-18,23-24H,4,16H2,1-3H3,(H,26,27)/t23-,24+/m1/s1. The van der Waals surface area contributed by atoms with Crippen LogP contribution in [0, 0.1) is 5.92 Å². The molecule has 0 radical (unpaired) electrons. The van der Waals surface area contributed by atoms with E-state index in [1.54, 1.807) is 0 Å². The molecule has 28 heavy (non-hydrogen) atoms. The topological polar surface area (TPSA) is 38.3 Å². The van der Waals surface area contributed by atoms with Crippen molar-refractivity contribution in [1.29, 1.82) is 0 Å². The Hall–Kier alpha value is -2.81. The number of benzene rings is 3. The Labute approximate surface area is 167 Å². The van der Waals surface area contributed by atoms with Gasteiger partial charge in [-0.25, -0.2) is 0 Å². The summed E-state index contributed by atoms with van der Waals surface area (Å²) in [6, 6.07) is 24.2. The van der Waals surface area contributed by atoms with Gasteiger partial charge >= 0.3 is 0 Å². The third kappa shape index (κ3) is 5.13. The van der Waals surface area contributed by atoms with Crippen LogP contribution in [0.5, 0.6) is 5.75 Å². The number of amides is 1. The van der Waals surface area contributed by atoms with Crippen molar-refractivity contribution in [2.45, 2.75) is 45.8 Å². The fourth-order valence-electron chi connectivity index (χ4n) is 3.43. The van der Waals surface area contributed by atoms with E-state index < -0.39 is 6.10 Å². The molecule has 0 aliphatic carbocycles. The lowest BCUT2D eigenvalue weighted by Crippen LogP contribution is -2.40. The molecule has 0 bridgehead atoms. The van der Waals surface area contributed by atoms with Gasteiger partial charge in [-0.3, -0.25) is 4.79 Å². The zero-order chi connectivity index (χ0) is 19.9. The van der Waals surface area contributed by atoms with Crippen LogP contribution in [0.15, 0.2) is 72.8 Å². The highest BCUT2D eigenvalue weighted by Gasteiger charge is 2.23. The molecule has 3 aromatic carbocycles. The van der Waals surface area contributed by atoms with E-state index >= 15 is 0 Å². The molecular weight excluding hydrogens is 346 g/mol. The van der Waals surface area contributed by atoms with Crippen molar-refractivity contribution in [3.8, 4) is 5.75 Å². The highest BCUT2D eigenvalue weighted by atomic mass is 16.5. The Morgan fingerprint density at radius 1 is 0.929 bits per heavy atom. The number of hydrogen-bond acceptors (Lipinski definition) is 2. The van der Waals surface area contributed by atoms with Gasteiger partial charge in [-0.15, -0.1) is 0 Å². The average Bonchev–Trinajstić information content (AvgIpc) is 2.71. The van der Waals surface area contributed by atoms with Crippen LogP contribution in [0.3, 0.4) is 0 Å². The van der Waals surface area contributed by atoms with Gasteiger partial charge in [-0.1, -0.05) is 81.4 Å². The van der Waals surface area contributed by atoms with Gasteiger partial charge in [0.15, 0.2) is 6.10 Å². The van der Waals surface area contributed by atoms with Crippen molar-refractivity contribution in [2.75, 3.05) is 0 Å². The molecule has 3 rings (SSSR count). The average molecular weight is 376 g/mol. The van der Waals surface area contributed by atoms with Crippen molar-refractivity contribution in [2.24, 2.45) is 5.92 Å². The predicted molar refractivity (Wildman–Crippen MR) is 115 cm³/mol. The number of ether oxygens (including phenoxy) is 1. The maximum absolute atomic E-state index is 13.0. The van der Waals surface area contributed by atoms with Gasteiger partial charge in [0.25, 0.3) is 5.91 Å². The first-order chi connectivity index (χ1) is 13.6. The Morgan fingerprint density at radius 2 is 1.61 bits per heavy atom. The van der Waals surface area contributed by atoms with Crippen LogP contribution in [-0.4, -0.2) is 12.0 Å². The fourth-order valence-corrected chi connectivity index (χ4v) is 3.43. The predicted octanol–water partition coefficient (Wildman–Crippen LogP) is 5.90. The second-order valence-corrected chi connectivity index (χ2v) is 7.63. The highest BCUT2D eigenvalue weighted by Crippen LogP contribution is 2.24. The molecule has 3 nitrogen and oxygen atoms in total. The van der Waals surface area contributed by atoms with Crippen LogP contribution >= 0.6 is 0 Å². The number of carbonyl (C=O) groups excluding carboxylic acids is 1. The van der Waals surface area contributed by atoms with E-state index in [-0.39, 0.29) is 11.9 Å². The Bertz CT molecular complexity index is 905. The summed E-state index contributed by atoms with van der Waals surface area (Å²) in [5, 5.41) is 5.48. The summed E-state index contributed by atoms with van der Waals surface area (Å²) in [6.45, 7) is 6.32. The molecule has 3 heteroatoms. The van der Waals surface area contributed by atoms with Gasteiger partial charge < -0.3 is 10.1 Å². The summed E-state index contributed by atoms with van der Waals surface area (Å²) in [5.74, 6) is 1.14. The molecule has 0 heterocycles. The van der Waals surface area contributed by atoms with Crippen molar-refractivity contribution in [1.82, 2.24) is 5.32 Å². The Morgan fingerprint density at radius 3 is 2.29 bits per heavy atom. The molecule has 0 aromatic heterocycles. The van der Waals surface area contributed by atoms with E-state index in [0.29, 0.717) is 12.3 Å². The van der Waals surface area contributed by atoms with E-state index in [1.807, 2.05) is 55.5 Å². The normalized spacial score (nSPS) is 13.3. The third-order valence-electron chi connectivity index (χ3n) is 4.89. The molecule has 3 aromatic rings. The molecule has 0 unspecified atom stereocenters. The van der Waals surface area contributed by atoms with Crippen LogP contribution in [0.25, 0.3) is 10.8 Å². The van der Waals surface area contributed by atoms with Crippen LogP contribution < -0.4 is 10.1 Å². The largest absolute Gasteiger partial charge is 0.481 e. The molecule has 0 saturated heterocycles. The molecule has 146 valence electrons. The number of rotatable bonds is 8. The van der Waals surface area contributed by atoms with Gasteiger partial charge in [-0.05, 0) is 47.2 Å². The van der Waals surface area contributed by atoms with E-state index in [1.165, 1.54) is 0 Å². The second-order valence-electron chi connectivity index (χ2n) is 7.63. The van der Waals surface area contributed by atoms with E-state index in [9.17, 15) is 4.79 Å². The minimum Gasteiger partial charge on any atom is -0.481 e. The van der Waals surface area contributed by atoms with Crippen LogP contribution in [0.2, 0.25) is 0 Å². The molecule has 2 atom stereocenters. The van der Waals surface area contributed by atoms with Gasteiger partial charge in [0, 0.05) is 0 Å². The van der Waals surface area contributed by atoms with E-state index in [2.05, 4.69) is 43.4 Å². The summed E-state index contributed by atoms with van der Waals surface area (Å²) in [4.78, 5) is 13.0. The second kappa shape index (κ2) is 9.41. The highest BCUT2D eigenvalue weighted by molar-refractivity contribution is 5.84. The maximum atomic E-state index is 13.0. The monoisotopic (exact) mass is 375 g/mol. The summed E-state index contributed by atoms with van der Waals surface area (Å²) in [7, 11) is 0. The van der Waals surface area contributed by atoms with E-state index in [4.69, 9.17) is 4.74 Å². The van der Waals surface area contributed by atoms with Gasteiger partial charge in [0.05, 0.1) is 6.04 Å². The lowest BCUT2D eigenvalue weighted by molar-refractivity contribution is -0.129. The van der Waals surface area contributed by atoms with Gasteiger partial charge in [0.1, 0.15) is 5.75 Å². The van der Waals surface area contributed by atoms with Crippen molar-refractivity contribution in [3.63, 3.8) is 0 Å². The molecular formula is C25H29NO2. The summed E-state index contributed by atoms with van der Waals surface area (Å²) in [6.07, 6.45) is 0.990. The fraction of sp³-hybridized carbons (Fsp3) is 0.320. The lowest BCUT2D eigenvalue weighted by atomic mass is 9.96. The summed E-state index contributed by atoms with van der Waals surface area (Å²) >= 11 is 0. The van der Waals surface area contributed by atoms with Crippen molar-refractivity contribution < 1.29 is 9.53 Å². The molecule has 1 N–H and O–H groups in total.